The van der Waals surface area contributed by atoms with E-state index >= 15 is 0 Å². The monoisotopic (exact) mass is 416 g/mol. The van der Waals surface area contributed by atoms with E-state index in [2.05, 4.69) is 15.9 Å². The highest BCUT2D eigenvalue weighted by Crippen LogP contribution is 2.30. The zero-order chi connectivity index (χ0) is 14.9. The molecule has 2 atom stereocenters. The Bertz CT molecular complexity index is 596. The minimum Gasteiger partial charge on any atom is -0.328 e. The Morgan fingerprint density at radius 1 is 1.48 bits per heavy atom. The molecule has 120 valence electrons. The summed E-state index contributed by atoms with van der Waals surface area (Å²) in [6.45, 7) is 2.91. The van der Waals surface area contributed by atoms with Crippen molar-refractivity contribution in [3.05, 3.63) is 27.7 Å². The molecule has 0 amide bonds. The van der Waals surface area contributed by atoms with Gasteiger partial charge in [0.2, 0.25) is 10.0 Å². The van der Waals surface area contributed by atoms with E-state index in [4.69, 9.17) is 17.3 Å². The Morgan fingerprint density at radius 3 is 2.71 bits per heavy atom. The number of benzene rings is 1. The summed E-state index contributed by atoms with van der Waals surface area (Å²) in [5, 5.41) is 0.238. The van der Waals surface area contributed by atoms with Gasteiger partial charge in [-0.3, -0.25) is 0 Å². The van der Waals surface area contributed by atoms with Crippen LogP contribution in [0.5, 0.6) is 0 Å². The summed E-state index contributed by atoms with van der Waals surface area (Å²) in [6, 6.07) is 4.82. The number of nitrogens with zero attached hydrogens (tertiary/aromatic N) is 1. The van der Waals surface area contributed by atoms with Crippen molar-refractivity contribution in [3.63, 3.8) is 0 Å². The van der Waals surface area contributed by atoms with Crippen LogP contribution in [0.25, 0.3) is 0 Å². The van der Waals surface area contributed by atoms with Crippen LogP contribution in [0.2, 0.25) is 5.02 Å². The van der Waals surface area contributed by atoms with E-state index in [0.717, 1.165) is 17.3 Å². The highest BCUT2D eigenvalue weighted by Gasteiger charge is 2.32. The van der Waals surface area contributed by atoms with E-state index in [9.17, 15) is 8.42 Å². The first-order chi connectivity index (χ1) is 9.32. The maximum atomic E-state index is 12.7. The zero-order valence-electron chi connectivity index (χ0n) is 11.6. The lowest BCUT2D eigenvalue weighted by Crippen LogP contribution is -2.45. The van der Waals surface area contributed by atoms with Crippen LogP contribution in [0.1, 0.15) is 19.8 Å². The molecule has 0 spiro atoms. The van der Waals surface area contributed by atoms with E-state index in [1.165, 1.54) is 10.4 Å². The van der Waals surface area contributed by atoms with Crippen LogP contribution in [-0.4, -0.2) is 31.9 Å². The average molecular weight is 418 g/mol. The standard InChI is InChI=1S/C13H18BrClN2O2S.ClH/c1-9(16)10-3-2-6-17(8-10)20(18,19)13-5-4-11(14)7-12(13)15;/h4-5,7,9-10H,2-3,6,8,16H2,1H3;1H. The van der Waals surface area contributed by atoms with E-state index in [0.29, 0.717) is 13.1 Å². The number of sulfonamides is 1. The molecule has 0 radical (unpaired) electrons. The van der Waals surface area contributed by atoms with Crippen molar-refractivity contribution in [2.45, 2.75) is 30.7 Å². The summed E-state index contributed by atoms with van der Waals surface area (Å²) in [5.41, 5.74) is 5.91. The van der Waals surface area contributed by atoms with Crippen LogP contribution >= 0.6 is 39.9 Å². The molecule has 21 heavy (non-hydrogen) atoms. The minimum atomic E-state index is -3.55. The fraction of sp³-hybridized carbons (Fsp3) is 0.538. The molecule has 0 bridgehead atoms. The molecule has 1 aromatic rings. The van der Waals surface area contributed by atoms with Crippen molar-refractivity contribution >= 4 is 50.0 Å². The second kappa shape index (κ2) is 7.62. The predicted molar refractivity (Wildman–Crippen MR) is 91.5 cm³/mol. The first kappa shape index (κ1) is 19.2. The van der Waals surface area contributed by atoms with Crippen LogP contribution < -0.4 is 5.73 Å². The largest absolute Gasteiger partial charge is 0.328 e. The fourth-order valence-corrected chi connectivity index (χ4v) is 4.99. The van der Waals surface area contributed by atoms with Gasteiger partial charge in [0.1, 0.15) is 4.90 Å². The Morgan fingerprint density at radius 2 is 2.14 bits per heavy atom. The molecule has 2 unspecified atom stereocenters. The molecule has 1 saturated heterocycles. The van der Waals surface area contributed by atoms with Gasteiger partial charge in [0.05, 0.1) is 5.02 Å². The summed E-state index contributed by atoms with van der Waals surface area (Å²) in [7, 11) is -3.55. The first-order valence-electron chi connectivity index (χ1n) is 6.53. The lowest BCUT2D eigenvalue weighted by Gasteiger charge is -2.33. The number of hydrogen-bond acceptors (Lipinski definition) is 3. The third kappa shape index (κ3) is 4.33. The summed E-state index contributed by atoms with van der Waals surface area (Å²) >= 11 is 9.35. The maximum Gasteiger partial charge on any atom is 0.244 e. The quantitative estimate of drug-likeness (QED) is 0.820. The van der Waals surface area contributed by atoms with E-state index in [-0.39, 0.29) is 34.3 Å². The number of halogens is 3. The van der Waals surface area contributed by atoms with Gasteiger partial charge in [-0.15, -0.1) is 12.4 Å². The lowest BCUT2D eigenvalue weighted by atomic mass is 9.93. The van der Waals surface area contributed by atoms with Crippen molar-refractivity contribution < 1.29 is 8.42 Å². The van der Waals surface area contributed by atoms with E-state index in [1.807, 2.05) is 6.92 Å². The van der Waals surface area contributed by atoms with Gasteiger partial charge < -0.3 is 5.73 Å². The van der Waals surface area contributed by atoms with Crippen LogP contribution in [0.15, 0.2) is 27.6 Å². The van der Waals surface area contributed by atoms with E-state index in [1.54, 1.807) is 12.1 Å². The molecule has 0 saturated carbocycles. The molecular formula is C13H19BrCl2N2O2S. The summed E-state index contributed by atoms with van der Waals surface area (Å²) in [5.74, 6) is 0.202. The smallest absolute Gasteiger partial charge is 0.244 e. The number of nitrogens with two attached hydrogens (primary N) is 1. The van der Waals surface area contributed by atoms with Crippen molar-refractivity contribution in [2.24, 2.45) is 11.7 Å². The molecule has 4 nitrogen and oxygen atoms in total. The molecule has 0 aliphatic carbocycles. The van der Waals surface area contributed by atoms with Gasteiger partial charge >= 0.3 is 0 Å². The normalized spacial score (nSPS) is 21.6. The maximum absolute atomic E-state index is 12.7. The molecule has 2 N–H and O–H groups in total. The van der Waals surface area contributed by atoms with Crippen LogP contribution in [-0.2, 0) is 10.0 Å². The van der Waals surface area contributed by atoms with Crippen LogP contribution in [0.3, 0.4) is 0 Å². The van der Waals surface area contributed by atoms with Crippen LogP contribution in [0.4, 0.5) is 0 Å². The molecule has 1 heterocycles. The zero-order valence-corrected chi connectivity index (χ0v) is 15.6. The molecular weight excluding hydrogens is 399 g/mol. The van der Waals surface area contributed by atoms with E-state index < -0.39 is 10.0 Å². The van der Waals surface area contributed by atoms with Gasteiger partial charge in [-0.1, -0.05) is 27.5 Å². The minimum absolute atomic E-state index is 0. The van der Waals surface area contributed by atoms with Gasteiger partial charge in [0, 0.05) is 23.6 Å². The highest BCUT2D eigenvalue weighted by molar-refractivity contribution is 9.10. The molecule has 1 fully saturated rings. The lowest BCUT2D eigenvalue weighted by molar-refractivity contribution is 0.243. The molecule has 0 aromatic heterocycles. The SMILES string of the molecule is CC(N)C1CCCN(S(=O)(=O)c2ccc(Br)cc2Cl)C1.Cl. The summed E-state index contributed by atoms with van der Waals surface area (Å²) < 4.78 is 27.6. The third-order valence-corrected chi connectivity index (χ3v) is 6.52. The molecule has 1 aliphatic rings. The van der Waals surface area contributed by atoms with Crippen LogP contribution in [0, 0.1) is 5.92 Å². The Balaban J connectivity index is 0.00000220. The summed E-state index contributed by atoms with van der Waals surface area (Å²) in [4.78, 5) is 0.160. The Kier molecular flexibility index (Phi) is 6.96. The Hall–Kier alpha value is 0.150. The van der Waals surface area contributed by atoms with Gasteiger partial charge in [0.25, 0.3) is 0 Å². The van der Waals surface area contributed by atoms with Gasteiger partial charge in [-0.25, -0.2) is 8.42 Å². The Labute approximate surface area is 145 Å². The van der Waals surface area contributed by atoms with Gasteiger partial charge in [0.15, 0.2) is 0 Å². The average Bonchev–Trinajstić information content (AvgIpc) is 2.38. The van der Waals surface area contributed by atoms with Crippen molar-refractivity contribution in [1.29, 1.82) is 0 Å². The molecule has 1 aromatic carbocycles. The third-order valence-electron chi connectivity index (χ3n) is 3.68. The number of hydrogen-bond donors (Lipinski definition) is 1. The topological polar surface area (TPSA) is 63.4 Å². The molecule has 1 aliphatic heterocycles. The highest BCUT2D eigenvalue weighted by atomic mass is 79.9. The number of piperidine rings is 1. The van der Waals surface area contributed by atoms with Crippen molar-refractivity contribution in [1.82, 2.24) is 4.31 Å². The number of rotatable bonds is 3. The van der Waals surface area contributed by atoms with Crippen molar-refractivity contribution in [2.75, 3.05) is 13.1 Å². The first-order valence-corrected chi connectivity index (χ1v) is 9.14. The molecule has 8 heteroatoms. The predicted octanol–water partition coefficient (Wildman–Crippen LogP) is 3.27. The molecule has 2 rings (SSSR count). The second-order valence-corrected chi connectivity index (χ2v) is 8.43. The van der Waals surface area contributed by atoms with Gasteiger partial charge in [-0.05, 0) is 43.9 Å². The second-order valence-electron chi connectivity index (χ2n) is 5.20. The van der Waals surface area contributed by atoms with Crippen molar-refractivity contribution in [3.8, 4) is 0 Å². The fourth-order valence-electron chi connectivity index (χ4n) is 2.44. The van der Waals surface area contributed by atoms with Gasteiger partial charge in [-0.2, -0.15) is 4.31 Å². The summed E-state index contributed by atoms with van der Waals surface area (Å²) in [6.07, 6.45) is 1.80.